The van der Waals surface area contributed by atoms with Crippen molar-refractivity contribution in [2.24, 2.45) is 5.41 Å². The molecule has 5 bridgehead atoms. The van der Waals surface area contributed by atoms with Crippen LogP contribution in [0.15, 0.2) is 49.1 Å². The molecule has 0 spiro atoms. The smallest absolute Gasteiger partial charge is 0.325 e. The molecule has 5 atom stereocenters. The molecule has 1 saturated heterocycles. The van der Waals surface area contributed by atoms with Gasteiger partial charge in [0.25, 0.3) is 5.91 Å². The minimum atomic E-state index is -1.36. The average Bonchev–Trinajstić information content (AvgIpc) is 3.03. The van der Waals surface area contributed by atoms with Gasteiger partial charge in [0.15, 0.2) is 0 Å². The molecule has 0 radical (unpaired) electrons. The molecule has 2 aromatic rings. The van der Waals surface area contributed by atoms with Crippen LogP contribution in [-0.4, -0.2) is 79.6 Å². The van der Waals surface area contributed by atoms with E-state index < -0.39 is 55.5 Å². The highest BCUT2D eigenvalue weighted by Crippen LogP contribution is 2.26. The fourth-order valence-corrected chi connectivity index (χ4v) is 6.13. The zero-order valence-corrected chi connectivity index (χ0v) is 29.4. The number of nitrogens with one attached hydrogen (secondary N) is 3. The highest BCUT2D eigenvalue weighted by molar-refractivity contribution is 6.76. The van der Waals surface area contributed by atoms with Gasteiger partial charge in [0.05, 0.1) is 23.2 Å². The van der Waals surface area contributed by atoms with Gasteiger partial charge in [-0.05, 0) is 63.8 Å². The van der Waals surface area contributed by atoms with Crippen LogP contribution in [0.2, 0.25) is 25.7 Å². The van der Waals surface area contributed by atoms with Crippen molar-refractivity contribution in [3.8, 4) is 0 Å². The molecule has 1 aromatic carbocycles. The van der Waals surface area contributed by atoms with Gasteiger partial charge >= 0.3 is 5.97 Å². The third-order valence-corrected chi connectivity index (χ3v) is 10.2. The van der Waals surface area contributed by atoms with Gasteiger partial charge in [-0.1, -0.05) is 56.1 Å². The normalized spacial score (nSPS) is 27.1. The molecule has 3 N–H and O–H groups in total. The molecule has 4 rings (SSSR count). The molecule has 2 aliphatic rings. The first-order valence-corrected chi connectivity index (χ1v) is 20.1. The van der Waals surface area contributed by atoms with Gasteiger partial charge in [-0.2, -0.15) is 0 Å². The molecule has 12 heteroatoms. The van der Waals surface area contributed by atoms with Crippen LogP contribution in [0.5, 0.6) is 0 Å². The molecule has 3 amide bonds. The first-order chi connectivity index (χ1) is 22.2. The van der Waals surface area contributed by atoms with E-state index in [0.717, 1.165) is 17.0 Å². The van der Waals surface area contributed by atoms with Crippen LogP contribution in [0.25, 0.3) is 17.0 Å². The Bertz CT molecular complexity index is 1520. The SMILES string of the molecule is C=CC[C@@H]1NC(=O)[C@](C)(COCC[Si](C)(C)C)/C=C/c2ccc3ccc(nc3c2)[C@@H](C)OC(=O)[C@@H]2CCCN(N2)C(=O)[C@H](C)NC1=O. The van der Waals surface area contributed by atoms with Crippen LogP contribution < -0.4 is 16.1 Å². The van der Waals surface area contributed by atoms with Crippen LogP contribution in [0.3, 0.4) is 0 Å². The molecule has 1 fully saturated rings. The fraction of sp³-hybridized carbons (Fsp3) is 0.514. The van der Waals surface area contributed by atoms with Gasteiger partial charge in [0.2, 0.25) is 11.8 Å². The number of esters is 1. The Balaban J connectivity index is 1.71. The van der Waals surface area contributed by atoms with Gasteiger partial charge in [-0.15, -0.1) is 6.58 Å². The van der Waals surface area contributed by atoms with E-state index >= 15 is 0 Å². The van der Waals surface area contributed by atoms with Crippen molar-refractivity contribution in [2.75, 3.05) is 19.8 Å². The average molecular weight is 664 g/mol. The van der Waals surface area contributed by atoms with Crippen molar-refractivity contribution in [1.82, 2.24) is 26.1 Å². The van der Waals surface area contributed by atoms with Gasteiger partial charge in [0.1, 0.15) is 24.2 Å². The predicted octanol–water partition coefficient (Wildman–Crippen LogP) is 4.29. The van der Waals surface area contributed by atoms with E-state index in [-0.39, 0.29) is 18.9 Å². The summed E-state index contributed by atoms with van der Waals surface area (Å²) >= 11 is 0. The summed E-state index contributed by atoms with van der Waals surface area (Å²) in [5, 5.41) is 7.89. The van der Waals surface area contributed by atoms with E-state index in [0.29, 0.717) is 37.2 Å². The van der Waals surface area contributed by atoms with Crippen molar-refractivity contribution in [1.29, 1.82) is 0 Å². The molecular weight excluding hydrogens is 615 g/mol. The standard InChI is InChI=1S/C35H49N5O6Si/c1-8-10-28-31(41)36-23(2)32(42)40-18-9-11-29(39-40)33(43)46-24(3)27-15-14-26-13-12-25(21-30(26)37-27)16-17-35(4,34(44)38-28)22-45-19-20-47(5,6)7/h8,12-17,21,23-24,28-29,39H,1,9-11,18-20,22H2,2-7H3,(H,36,41)(H,38,44)/b17-16+/t23-,24+,28-,29-,35-/m0/s1. The summed E-state index contributed by atoms with van der Waals surface area (Å²) in [4.78, 5) is 58.7. The molecule has 1 aromatic heterocycles. The summed E-state index contributed by atoms with van der Waals surface area (Å²) in [5.41, 5.74) is 3.97. The lowest BCUT2D eigenvalue weighted by molar-refractivity contribution is -0.157. The third-order valence-electron chi connectivity index (χ3n) is 8.50. The summed E-state index contributed by atoms with van der Waals surface area (Å²) in [6, 6.07) is 7.88. The molecule has 2 aliphatic heterocycles. The van der Waals surface area contributed by atoms with E-state index in [4.69, 9.17) is 14.5 Å². The minimum Gasteiger partial charge on any atom is -0.455 e. The number of benzene rings is 1. The zero-order chi connectivity index (χ0) is 34.4. The van der Waals surface area contributed by atoms with Crippen molar-refractivity contribution in [3.63, 3.8) is 0 Å². The highest BCUT2D eigenvalue weighted by Gasteiger charge is 2.36. The lowest BCUT2D eigenvalue weighted by atomic mass is 9.88. The van der Waals surface area contributed by atoms with Crippen molar-refractivity contribution < 1.29 is 28.7 Å². The number of ether oxygens (including phenoxy) is 2. The lowest BCUT2D eigenvalue weighted by Crippen LogP contribution is -2.60. The molecular formula is C35H49N5O6Si. The zero-order valence-electron chi connectivity index (χ0n) is 28.4. The summed E-state index contributed by atoms with van der Waals surface area (Å²) < 4.78 is 11.9. The van der Waals surface area contributed by atoms with Crippen molar-refractivity contribution >= 4 is 48.7 Å². The summed E-state index contributed by atoms with van der Waals surface area (Å²) in [7, 11) is -1.36. The maximum absolute atomic E-state index is 13.9. The summed E-state index contributed by atoms with van der Waals surface area (Å²) in [5.74, 6) is -1.81. The number of fused-ring (bicyclic) bond motifs is 4. The van der Waals surface area contributed by atoms with E-state index in [9.17, 15) is 19.2 Å². The largest absolute Gasteiger partial charge is 0.455 e. The van der Waals surface area contributed by atoms with Crippen LogP contribution in [-0.2, 0) is 28.7 Å². The van der Waals surface area contributed by atoms with E-state index in [1.165, 1.54) is 5.01 Å². The minimum absolute atomic E-state index is 0.109. The van der Waals surface area contributed by atoms with E-state index in [2.05, 4.69) is 42.3 Å². The second-order valence-electron chi connectivity index (χ2n) is 14.0. The first-order valence-electron chi connectivity index (χ1n) is 16.4. The Kier molecular flexibility index (Phi) is 11.7. The number of nitrogens with zero attached hydrogens (tertiary/aromatic N) is 2. The highest BCUT2D eigenvalue weighted by atomic mass is 28.3. The number of rotatable bonds is 7. The van der Waals surface area contributed by atoms with Gasteiger partial charge in [0, 0.05) is 26.6 Å². The van der Waals surface area contributed by atoms with Crippen LogP contribution in [0, 0.1) is 5.41 Å². The molecule has 0 saturated carbocycles. The number of aromatic nitrogens is 1. The number of hydrogen-bond acceptors (Lipinski definition) is 8. The Hall–Kier alpha value is -3.87. The number of cyclic esters (lactones) is 1. The fourth-order valence-electron chi connectivity index (χ4n) is 5.37. The molecule has 254 valence electrons. The number of carbonyl (C=O) groups excluding carboxylic acids is 4. The third kappa shape index (κ3) is 9.58. The monoisotopic (exact) mass is 663 g/mol. The van der Waals surface area contributed by atoms with Crippen molar-refractivity contribution in [3.05, 3.63) is 60.3 Å². The predicted molar refractivity (Wildman–Crippen MR) is 185 cm³/mol. The number of amides is 3. The van der Waals surface area contributed by atoms with Gasteiger partial charge in [-0.25, -0.2) is 10.4 Å². The van der Waals surface area contributed by atoms with Crippen LogP contribution >= 0.6 is 0 Å². The van der Waals surface area contributed by atoms with Gasteiger partial charge < -0.3 is 20.1 Å². The maximum Gasteiger partial charge on any atom is 0.325 e. The number of hydrogen-bond donors (Lipinski definition) is 3. The number of carbonyl (C=O) groups is 4. The Morgan fingerprint density at radius 2 is 1.87 bits per heavy atom. The van der Waals surface area contributed by atoms with Crippen LogP contribution in [0.4, 0.5) is 0 Å². The lowest BCUT2D eigenvalue weighted by Gasteiger charge is -2.35. The quantitative estimate of drug-likeness (QED) is 0.173. The summed E-state index contributed by atoms with van der Waals surface area (Å²) in [6.45, 7) is 16.7. The molecule has 0 aliphatic carbocycles. The Morgan fingerprint density at radius 3 is 2.60 bits per heavy atom. The van der Waals surface area contributed by atoms with Crippen LogP contribution in [0.1, 0.15) is 57.4 Å². The first kappa shape index (κ1) is 36.0. The molecule has 3 heterocycles. The molecule has 11 nitrogen and oxygen atoms in total. The number of pyridine rings is 1. The van der Waals surface area contributed by atoms with Gasteiger partial charge in [-0.3, -0.25) is 24.2 Å². The molecule has 0 unspecified atom stereocenters. The topological polar surface area (TPSA) is 139 Å². The van der Waals surface area contributed by atoms with Crippen molar-refractivity contribution in [2.45, 2.75) is 89.9 Å². The Morgan fingerprint density at radius 1 is 1.13 bits per heavy atom. The second-order valence-corrected chi connectivity index (χ2v) is 19.6. The maximum atomic E-state index is 13.9. The summed E-state index contributed by atoms with van der Waals surface area (Å²) in [6.07, 6.45) is 5.79. The Labute approximate surface area is 278 Å². The molecule has 47 heavy (non-hydrogen) atoms. The van der Waals surface area contributed by atoms with E-state index in [1.807, 2.05) is 36.4 Å². The number of hydrazine groups is 1. The second kappa shape index (κ2) is 15.4. The van der Waals surface area contributed by atoms with E-state index in [1.54, 1.807) is 32.9 Å².